The van der Waals surface area contributed by atoms with E-state index in [0.29, 0.717) is 23.1 Å². The number of carbonyl (C=O) groups excluding carboxylic acids is 1. The van der Waals surface area contributed by atoms with Crippen LogP contribution in [0.2, 0.25) is 0 Å². The van der Waals surface area contributed by atoms with E-state index < -0.39 is 0 Å². The molecule has 12 heteroatoms. The first-order chi connectivity index (χ1) is 17.4. The van der Waals surface area contributed by atoms with Crippen LogP contribution in [-0.2, 0) is 4.79 Å². The first-order valence-corrected chi connectivity index (χ1v) is 11.2. The van der Waals surface area contributed by atoms with Gasteiger partial charge in [0.15, 0.2) is 0 Å². The van der Waals surface area contributed by atoms with Gasteiger partial charge in [-0.25, -0.2) is 4.98 Å². The van der Waals surface area contributed by atoms with Crippen molar-refractivity contribution >= 4 is 40.0 Å². The number of likely N-dealkylation sites (N-methyl/N-ethyl adjacent to an activating group) is 2. The second-order valence-corrected chi connectivity index (χ2v) is 8.21. The Bertz CT molecular complexity index is 1380. The highest BCUT2D eigenvalue weighted by Gasteiger charge is 2.17. The zero-order valence-electron chi connectivity index (χ0n) is 20.6. The fourth-order valence-corrected chi connectivity index (χ4v) is 3.49. The first-order valence-electron chi connectivity index (χ1n) is 11.2. The molecular formula is C24H28N10O2. The zero-order valence-corrected chi connectivity index (χ0v) is 20.6. The maximum absolute atomic E-state index is 12.2. The van der Waals surface area contributed by atoms with Crippen LogP contribution in [0.15, 0.2) is 55.4 Å². The van der Waals surface area contributed by atoms with Gasteiger partial charge in [0.25, 0.3) is 5.95 Å². The van der Waals surface area contributed by atoms with Crippen molar-refractivity contribution in [2.75, 3.05) is 56.9 Å². The molecular weight excluding hydrogens is 460 g/mol. The third-order valence-corrected chi connectivity index (χ3v) is 5.40. The Balaban J connectivity index is 1.69. The number of para-hydroxylation sites is 1. The zero-order chi connectivity index (χ0) is 25.7. The maximum Gasteiger partial charge on any atom is 0.257 e. The largest absolute Gasteiger partial charge is 0.494 e. The maximum atomic E-state index is 12.2. The summed E-state index contributed by atoms with van der Waals surface area (Å²) >= 11 is 0. The highest BCUT2D eigenvalue weighted by atomic mass is 16.5. The number of hydrogen-bond acceptors (Lipinski definition) is 10. The smallest absolute Gasteiger partial charge is 0.257 e. The third-order valence-electron chi connectivity index (χ3n) is 5.40. The molecule has 0 spiro atoms. The number of methoxy groups -OCH3 is 1. The van der Waals surface area contributed by atoms with Crippen LogP contribution in [0.3, 0.4) is 0 Å². The Kier molecular flexibility index (Phi) is 7.35. The molecule has 0 atom stereocenters. The Morgan fingerprint density at radius 2 is 1.94 bits per heavy atom. The van der Waals surface area contributed by atoms with E-state index in [-0.39, 0.29) is 11.9 Å². The van der Waals surface area contributed by atoms with Crippen molar-refractivity contribution < 1.29 is 9.53 Å². The Labute approximate surface area is 208 Å². The number of aromatic nitrogens is 6. The van der Waals surface area contributed by atoms with Crippen LogP contribution < -0.4 is 20.3 Å². The molecule has 0 aliphatic rings. The Morgan fingerprint density at radius 1 is 1.14 bits per heavy atom. The molecule has 186 valence electrons. The lowest BCUT2D eigenvalue weighted by Crippen LogP contribution is -2.29. The number of ether oxygens (including phenoxy) is 1. The molecule has 0 aliphatic carbocycles. The van der Waals surface area contributed by atoms with E-state index in [9.17, 15) is 4.79 Å². The van der Waals surface area contributed by atoms with E-state index >= 15 is 0 Å². The highest BCUT2D eigenvalue weighted by molar-refractivity contribution is 6.02. The fraction of sp³-hybridized carbons (Fsp3) is 0.250. The number of hydrogen-bond donors (Lipinski definition) is 2. The Morgan fingerprint density at radius 3 is 2.69 bits per heavy atom. The molecule has 0 aliphatic heterocycles. The number of benzene rings is 2. The second kappa shape index (κ2) is 10.8. The van der Waals surface area contributed by atoms with E-state index in [1.165, 1.54) is 17.1 Å². The summed E-state index contributed by atoms with van der Waals surface area (Å²) in [6.45, 7) is 5.13. The molecule has 0 saturated heterocycles. The summed E-state index contributed by atoms with van der Waals surface area (Å²) in [7, 11) is 7.54. The van der Waals surface area contributed by atoms with Gasteiger partial charge in [-0.2, -0.15) is 14.6 Å². The summed E-state index contributed by atoms with van der Waals surface area (Å²) in [5.74, 6) is 0.799. The quantitative estimate of drug-likeness (QED) is 0.322. The molecule has 0 saturated carbocycles. The topological polar surface area (TPSA) is 126 Å². The van der Waals surface area contributed by atoms with Crippen molar-refractivity contribution in [1.29, 1.82) is 0 Å². The van der Waals surface area contributed by atoms with Gasteiger partial charge in [0.2, 0.25) is 11.9 Å². The van der Waals surface area contributed by atoms with E-state index in [4.69, 9.17) is 4.74 Å². The predicted octanol–water partition coefficient (Wildman–Crippen LogP) is 2.48. The predicted molar refractivity (Wildman–Crippen MR) is 139 cm³/mol. The van der Waals surface area contributed by atoms with Crippen molar-refractivity contribution in [2.24, 2.45) is 0 Å². The van der Waals surface area contributed by atoms with E-state index in [0.717, 1.165) is 29.8 Å². The van der Waals surface area contributed by atoms with Gasteiger partial charge in [0.1, 0.15) is 17.6 Å². The number of amides is 1. The molecule has 2 aromatic carbocycles. The average Bonchev–Trinajstić information content (AvgIpc) is 3.32. The minimum Gasteiger partial charge on any atom is -0.494 e. The number of nitrogens with one attached hydrogen (secondary N) is 2. The number of nitrogens with zero attached hydrogens (tertiary/aromatic N) is 8. The Hall–Kier alpha value is -4.58. The minimum absolute atomic E-state index is 0.271. The van der Waals surface area contributed by atoms with Crippen molar-refractivity contribution in [3.8, 4) is 11.7 Å². The van der Waals surface area contributed by atoms with Gasteiger partial charge >= 0.3 is 0 Å². The summed E-state index contributed by atoms with van der Waals surface area (Å²) in [5.41, 5.74) is 3.43. The molecule has 1 amide bonds. The van der Waals surface area contributed by atoms with Crippen molar-refractivity contribution in [1.82, 2.24) is 34.8 Å². The van der Waals surface area contributed by atoms with Gasteiger partial charge in [-0.1, -0.05) is 23.9 Å². The molecule has 0 bridgehead atoms. The van der Waals surface area contributed by atoms with Crippen molar-refractivity contribution in [3.05, 3.63) is 55.4 Å². The molecule has 0 radical (unpaired) electrons. The summed E-state index contributed by atoms with van der Waals surface area (Å²) < 4.78 is 7.19. The molecule has 2 N–H and O–H groups in total. The van der Waals surface area contributed by atoms with Crippen LogP contribution in [0, 0.1) is 0 Å². The summed E-state index contributed by atoms with van der Waals surface area (Å²) in [4.78, 5) is 29.3. The summed E-state index contributed by atoms with van der Waals surface area (Å²) in [6.07, 6.45) is 2.61. The molecule has 4 rings (SSSR count). The normalized spacial score (nSPS) is 10.9. The van der Waals surface area contributed by atoms with Gasteiger partial charge in [-0.3, -0.25) is 4.79 Å². The molecule has 2 aromatic heterocycles. The van der Waals surface area contributed by atoms with E-state index in [1.807, 2.05) is 56.4 Å². The van der Waals surface area contributed by atoms with Crippen LogP contribution in [0.5, 0.6) is 5.75 Å². The fourth-order valence-electron chi connectivity index (χ4n) is 3.49. The lowest BCUT2D eigenvalue weighted by molar-refractivity contribution is -0.111. The van der Waals surface area contributed by atoms with Gasteiger partial charge in [0.05, 0.1) is 29.7 Å². The third kappa shape index (κ3) is 5.39. The lowest BCUT2D eigenvalue weighted by atomic mass is 10.2. The van der Waals surface area contributed by atoms with Crippen molar-refractivity contribution in [2.45, 2.75) is 0 Å². The van der Waals surface area contributed by atoms with Gasteiger partial charge < -0.3 is 25.2 Å². The number of anilines is 4. The monoisotopic (exact) mass is 488 g/mol. The summed E-state index contributed by atoms with van der Waals surface area (Å²) in [6, 6.07) is 11.2. The average molecular weight is 489 g/mol. The van der Waals surface area contributed by atoms with Gasteiger partial charge in [0, 0.05) is 26.2 Å². The highest BCUT2D eigenvalue weighted by Crippen LogP contribution is 2.37. The van der Waals surface area contributed by atoms with Crippen LogP contribution in [0.4, 0.5) is 23.0 Å². The second-order valence-electron chi connectivity index (χ2n) is 8.21. The number of rotatable bonds is 10. The van der Waals surface area contributed by atoms with Crippen molar-refractivity contribution in [3.63, 3.8) is 0 Å². The first kappa shape index (κ1) is 24.5. The molecule has 4 aromatic rings. The number of carbonyl (C=O) groups is 1. The molecule has 0 unspecified atom stereocenters. The molecule has 12 nitrogen and oxygen atoms in total. The molecule has 0 fully saturated rings. The summed E-state index contributed by atoms with van der Waals surface area (Å²) in [5, 5.41) is 14.4. The van der Waals surface area contributed by atoms with E-state index in [1.54, 1.807) is 13.2 Å². The van der Waals surface area contributed by atoms with Crippen LogP contribution in [0.1, 0.15) is 0 Å². The minimum atomic E-state index is -0.325. The lowest BCUT2D eigenvalue weighted by Gasteiger charge is -2.25. The SMILES string of the molecule is C=CC(=O)Nc1cc(Nc2ncnc(-n3nnc4ccccc43)n2)c(OC)cc1N(C)CCN(C)C. The van der Waals surface area contributed by atoms with Crippen LogP contribution in [0.25, 0.3) is 17.0 Å². The van der Waals surface area contributed by atoms with Gasteiger partial charge in [-0.05, 0) is 38.4 Å². The molecule has 2 heterocycles. The number of fused-ring (bicyclic) bond motifs is 1. The van der Waals surface area contributed by atoms with Crippen LogP contribution >= 0.6 is 0 Å². The van der Waals surface area contributed by atoms with E-state index in [2.05, 4.69) is 47.4 Å². The molecule has 36 heavy (non-hydrogen) atoms. The standard InChI is InChI=1S/C24H28N10O2/c1-6-22(35)27-17-13-18(21(36-5)14-20(17)33(4)12-11-32(2)3)28-23-25-15-26-24(29-23)34-19-10-8-7-9-16(19)30-31-34/h6-10,13-15H,1,11-12H2,2-5H3,(H,27,35)(H,25,26,28,29). The van der Waals surface area contributed by atoms with Crippen LogP contribution in [-0.4, -0.2) is 82.1 Å². The van der Waals surface area contributed by atoms with Gasteiger partial charge in [-0.15, -0.1) is 5.10 Å².